The third-order valence-corrected chi connectivity index (χ3v) is 4.16. The Labute approximate surface area is 198 Å². The zero-order valence-electron chi connectivity index (χ0n) is 21.0. The van der Waals surface area contributed by atoms with Gasteiger partial charge in [-0.2, -0.15) is 0 Å². The van der Waals surface area contributed by atoms with Gasteiger partial charge in [0.2, 0.25) is 0 Å². The lowest BCUT2D eigenvalue weighted by atomic mass is 9.99. The third kappa shape index (κ3) is 14.9. The van der Waals surface area contributed by atoms with E-state index >= 15 is 0 Å². The maximum absolute atomic E-state index is 12.1. The maximum atomic E-state index is 12.1. The van der Waals surface area contributed by atoms with Gasteiger partial charge in [0.05, 0.1) is 13.2 Å². The lowest BCUT2D eigenvalue weighted by Gasteiger charge is -2.24. The fourth-order valence-corrected chi connectivity index (χ4v) is 2.83. The van der Waals surface area contributed by atoms with Crippen LogP contribution < -0.4 is 16.0 Å². The number of carbonyl (C=O) groups excluding carboxylic acids is 2. The number of benzene rings is 1. The van der Waals surface area contributed by atoms with E-state index < -0.39 is 23.4 Å². The van der Waals surface area contributed by atoms with Crippen molar-refractivity contribution < 1.29 is 23.8 Å². The Morgan fingerprint density at radius 3 is 1.91 bits per heavy atom. The Morgan fingerprint density at radius 2 is 1.45 bits per heavy atom. The second kappa shape index (κ2) is 13.7. The fourth-order valence-electron chi connectivity index (χ4n) is 2.83. The van der Waals surface area contributed by atoms with Crippen LogP contribution in [0.3, 0.4) is 0 Å². The van der Waals surface area contributed by atoms with E-state index in [1.54, 1.807) is 6.08 Å². The number of alkyl carbamates (subject to hydrolysis) is 2. The average molecular weight is 464 g/mol. The van der Waals surface area contributed by atoms with Crippen LogP contribution in [0.15, 0.2) is 36.9 Å². The lowest BCUT2D eigenvalue weighted by molar-refractivity contribution is 0.0509. The molecule has 0 bridgehead atoms. The highest BCUT2D eigenvalue weighted by Gasteiger charge is 2.20. The van der Waals surface area contributed by atoms with E-state index in [9.17, 15) is 9.59 Å². The normalized spacial score (nSPS) is 11.6. The second-order valence-electron chi connectivity index (χ2n) is 9.82. The summed E-state index contributed by atoms with van der Waals surface area (Å²) in [5.41, 5.74) is 0.934. The molecule has 0 unspecified atom stereocenters. The fraction of sp³-hybridized carbons (Fsp3) is 0.600. The summed E-state index contributed by atoms with van der Waals surface area (Å²) in [6.07, 6.45) is 1.42. The molecular formula is C25H41N3O5. The molecule has 0 spiro atoms. The summed E-state index contributed by atoms with van der Waals surface area (Å²) in [5, 5.41) is 8.90. The molecule has 0 aromatic heterocycles. The van der Waals surface area contributed by atoms with Crippen LogP contribution in [-0.2, 0) is 20.6 Å². The number of nitrogens with one attached hydrogen (secondary N) is 3. The van der Waals surface area contributed by atoms with Gasteiger partial charge in [-0.1, -0.05) is 18.2 Å². The molecule has 0 aliphatic carbocycles. The van der Waals surface area contributed by atoms with Gasteiger partial charge in [0.25, 0.3) is 0 Å². The van der Waals surface area contributed by atoms with Crippen molar-refractivity contribution in [3.8, 4) is 0 Å². The van der Waals surface area contributed by atoms with E-state index in [1.807, 2.05) is 65.8 Å². The highest BCUT2D eigenvalue weighted by atomic mass is 16.6. The molecule has 186 valence electrons. The van der Waals surface area contributed by atoms with E-state index in [2.05, 4.69) is 22.5 Å². The van der Waals surface area contributed by atoms with Crippen LogP contribution in [0.2, 0.25) is 0 Å². The average Bonchev–Trinajstić information content (AvgIpc) is 2.68. The molecule has 1 rings (SSSR count). The summed E-state index contributed by atoms with van der Waals surface area (Å²) in [6.45, 7) is 17.1. The third-order valence-electron chi connectivity index (χ3n) is 4.16. The molecule has 2 amide bonds. The standard InChI is InChI=1S/C25H41N3O5/c1-8-14-31-15-13-26-21-11-9-19(10-12-21)16-20(17-27-22(29)32-24(2,3)4)18-28-23(30)33-25(5,6)7/h8-12,20,26H,1,13-18H2,2-7H3,(H,27,29)(H,28,30). The first kappa shape index (κ1) is 28.3. The van der Waals surface area contributed by atoms with Crippen molar-refractivity contribution in [2.24, 2.45) is 5.92 Å². The Hall–Kier alpha value is -2.74. The molecule has 3 N–H and O–H groups in total. The largest absolute Gasteiger partial charge is 0.444 e. The van der Waals surface area contributed by atoms with Crippen LogP contribution in [0.4, 0.5) is 15.3 Å². The quantitative estimate of drug-likeness (QED) is 0.312. The predicted octanol–water partition coefficient (Wildman–Crippen LogP) is 4.51. The Morgan fingerprint density at radius 1 is 0.939 bits per heavy atom. The minimum atomic E-state index is -0.575. The van der Waals surface area contributed by atoms with Gasteiger partial charge in [-0.15, -0.1) is 6.58 Å². The Balaban J connectivity index is 2.66. The van der Waals surface area contributed by atoms with Gasteiger partial charge >= 0.3 is 12.2 Å². The molecule has 0 aliphatic heterocycles. The number of rotatable bonds is 12. The van der Waals surface area contributed by atoms with E-state index in [-0.39, 0.29) is 5.92 Å². The Kier molecular flexibility index (Phi) is 11.8. The summed E-state index contributed by atoms with van der Waals surface area (Å²) in [4.78, 5) is 24.2. The molecule has 0 saturated heterocycles. The molecule has 0 saturated carbocycles. The summed E-state index contributed by atoms with van der Waals surface area (Å²) < 4.78 is 16.0. The number of hydrogen-bond acceptors (Lipinski definition) is 6. The van der Waals surface area contributed by atoms with E-state index in [0.29, 0.717) is 39.3 Å². The van der Waals surface area contributed by atoms with Crippen molar-refractivity contribution >= 4 is 17.9 Å². The number of ether oxygens (including phenoxy) is 3. The summed E-state index contributed by atoms with van der Waals surface area (Å²) in [7, 11) is 0. The molecule has 1 aromatic rings. The topological polar surface area (TPSA) is 97.9 Å². The van der Waals surface area contributed by atoms with E-state index in [0.717, 1.165) is 11.3 Å². The van der Waals surface area contributed by atoms with Crippen molar-refractivity contribution in [3.05, 3.63) is 42.5 Å². The molecule has 0 radical (unpaired) electrons. The van der Waals surface area contributed by atoms with Gasteiger partial charge < -0.3 is 30.2 Å². The molecular weight excluding hydrogens is 422 g/mol. The molecule has 0 aliphatic rings. The predicted molar refractivity (Wildman–Crippen MR) is 132 cm³/mol. The second-order valence-corrected chi connectivity index (χ2v) is 9.82. The van der Waals surface area contributed by atoms with E-state index in [1.165, 1.54) is 0 Å². The van der Waals surface area contributed by atoms with Crippen molar-refractivity contribution in [2.45, 2.75) is 59.2 Å². The van der Waals surface area contributed by atoms with Gasteiger partial charge in [-0.3, -0.25) is 0 Å². The molecule has 0 heterocycles. The van der Waals surface area contributed by atoms with Crippen LogP contribution in [0.1, 0.15) is 47.1 Å². The molecule has 8 heteroatoms. The smallest absolute Gasteiger partial charge is 0.407 e. The first-order valence-electron chi connectivity index (χ1n) is 11.3. The minimum Gasteiger partial charge on any atom is -0.444 e. The van der Waals surface area contributed by atoms with Gasteiger partial charge in [-0.05, 0) is 71.6 Å². The van der Waals surface area contributed by atoms with Gasteiger partial charge in [0.1, 0.15) is 11.2 Å². The summed E-state index contributed by atoms with van der Waals surface area (Å²) in [5.74, 6) is -0.0452. The molecule has 0 atom stereocenters. The van der Waals surface area contributed by atoms with Crippen LogP contribution in [0.25, 0.3) is 0 Å². The van der Waals surface area contributed by atoms with Crippen LogP contribution in [-0.4, -0.2) is 56.2 Å². The van der Waals surface area contributed by atoms with Crippen LogP contribution in [0.5, 0.6) is 0 Å². The molecule has 0 fully saturated rings. The zero-order chi connectivity index (χ0) is 24.9. The van der Waals surface area contributed by atoms with Crippen molar-refractivity contribution in [3.63, 3.8) is 0 Å². The Bertz CT molecular complexity index is 704. The number of carbonyl (C=O) groups is 2. The SMILES string of the molecule is C=CCOCCNc1ccc(CC(CNC(=O)OC(C)(C)C)CNC(=O)OC(C)(C)C)cc1. The zero-order valence-corrected chi connectivity index (χ0v) is 21.0. The first-order chi connectivity index (χ1) is 15.4. The van der Waals surface area contributed by atoms with Crippen LogP contribution in [0, 0.1) is 5.92 Å². The van der Waals surface area contributed by atoms with Gasteiger partial charge in [0.15, 0.2) is 0 Å². The molecule has 33 heavy (non-hydrogen) atoms. The van der Waals surface area contributed by atoms with Gasteiger partial charge in [0, 0.05) is 25.3 Å². The molecule has 8 nitrogen and oxygen atoms in total. The van der Waals surface area contributed by atoms with Crippen molar-refractivity contribution in [2.75, 3.05) is 38.2 Å². The van der Waals surface area contributed by atoms with Crippen molar-refractivity contribution in [1.82, 2.24) is 10.6 Å². The van der Waals surface area contributed by atoms with Crippen LogP contribution >= 0.6 is 0 Å². The summed E-state index contributed by atoms with van der Waals surface area (Å²) in [6, 6.07) is 8.06. The van der Waals surface area contributed by atoms with Crippen molar-refractivity contribution in [1.29, 1.82) is 0 Å². The lowest BCUT2D eigenvalue weighted by Crippen LogP contribution is -2.41. The highest BCUT2D eigenvalue weighted by Crippen LogP contribution is 2.14. The molecule has 1 aromatic carbocycles. The number of hydrogen-bond donors (Lipinski definition) is 3. The van der Waals surface area contributed by atoms with E-state index in [4.69, 9.17) is 14.2 Å². The monoisotopic (exact) mass is 463 g/mol. The highest BCUT2D eigenvalue weighted by molar-refractivity contribution is 5.68. The first-order valence-corrected chi connectivity index (χ1v) is 11.3. The number of anilines is 1. The van der Waals surface area contributed by atoms with Gasteiger partial charge in [-0.25, -0.2) is 9.59 Å². The minimum absolute atomic E-state index is 0.0452. The maximum Gasteiger partial charge on any atom is 0.407 e. The number of amides is 2. The summed E-state index contributed by atoms with van der Waals surface area (Å²) >= 11 is 0.